The lowest BCUT2D eigenvalue weighted by molar-refractivity contribution is 0.0565. The highest BCUT2D eigenvalue weighted by Gasteiger charge is 2.44. The highest BCUT2D eigenvalue weighted by molar-refractivity contribution is 6.00. The van der Waals surface area contributed by atoms with Crippen LogP contribution in [0.25, 0.3) is 0 Å². The first-order valence-electron chi connectivity index (χ1n) is 5.49. The summed E-state index contributed by atoms with van der Waals surface area (Å²) < 4.78 is 26.9. The van der Waals surface area contributed by atoms with Gasteiger partial charge in [0.15, 0.2) is 0 Å². The molecule has 0 fully saturated rings. The van der Waals surface area contributed by atoms with Crippen molar-refractivity contribution in [3.05, 3.63) is 34.9 Å². The van der Waals surface area contributed by atoms with Crippen molar-refractivity contribution < 1.29 is 13.6 Å². The Labute approximate surface area is 104 Å². The number of amides is 1. The highest BCUT2D eigenvalue weighted by atomic mass is 19.1. The molecule has 18 heavy (non-hydrogen) atoms. The molecule has 1 aromatic rings. The van der Waals surface area contributed by atoms with Crippen molar-refractivity contribution in [3.8, 4) is 6.07 Å². The largest absolute Gasteiger partial charge is 0.314 e. The van der Waals surface area contributed by atoms with Crippen LogP contribution in [0.2, 0.25) is 0 Å². The molecule has 0 saturated carbocycles. The molecule has 5 heteroatoms. The minimum atomic E-state index is -0.947. The number of nitrogens with zero attached hydrogens (tertiary/aromatic N) is 2. The van der Waals surface area contributed by atoms with Gasteiger partial charge in [0.05, 0.1) is 11.6 Å². The molecular weight excluding hydrogens is 238 g/mol. The lowest BCUT2D eigenvalue weighted by Crippen LogP contribution is -2.43. The second-order valence-corrected chi connectivity index (χ2v) is 5.23. The van der Waals surface area contributed by atoms with Crippen molar-refractivity contribution in [1.82, 2.24) is 4.90 Å². The van der Waals surface area contributed by atoms with E-state index in [-0.39, 0.29) is 11.1 Å². The molecule has 1 aliphatic rings. The number of fused-ring (bicyclic) bond motifs is 1. The van der Waals surface area contributed by atoms with Crippen LogP contribution in [0.5, 0.6) is 0 Å². The monoisotopic (exact) mass is 250 g/mol. The van der Waals surface area contributed by atoms with Gasteiger partial charge in [0, 0.05) is 17.2 Å². The van der Waals surface area contributed by atoms with Crippen LogP contribution < -0.4 is 0 Å². The first-order valence-corrected chi connectivity index (χ1v) is 5.49. The maximum atomic E-state index is 13.7. The molecule has 0 saturated heterocycles. The minimum absolute atomic E-state index is 0.106. The predicted molar refractivity (Wildman–Crippen MR) is 60.6 cm³/mol. The number of hydrogen-bond acceptors (Lipinski definition) is 2. The van der Waals surface area contributed by atoms with Crippen LogP contribution in [0.1, 0.15) is 42.7 Å². The van der Waals surface area contributed by atoms with Crippen LogP contribution in [0, 0.1) is 23.0 Å². The van der Waals surface area contributed by atoms with Gasteiger partial charge < -0.3 is 4.90 Å². The molecule has 1 amide bonds. The molecule has 1 unspecified atom stereocenters. The first-order chi connectivity index (χ1) is 8.27. The topological polar surface area (TPSA) is 44.1 Å². The minimum Gasteiger partial charge on any atom is -0.314 e. The quantitative estimate of drug-likeness (QED) is 0.710. The summed E-state index contributed by atoms with van der Waals surface area (Å²) in [7, 11) is 0. The second-order valence-electron chi connectivity index (χ2n) is 5.23. The van der Waals surface area contributed by atoms with Gasteiger partial charge in [-0.15, -0.1) is 0 Å². The number of rotatable bonds is 0. The van der Waals surface area contributed by atoms with Gasteiger partial charge in [-0.05, 0) is 26.8 Å². The molecule has 0 aliphatic carbocycles. The van der Waals surface area contributed by atoms with E-state index in [1.54, 1.807) is 20.8 Å². The zero-order valence-corrected chi connectivity index (χ0v) is 10.3. The molecule has 94 valence electrons. The Morgan fingerprint density at radius 3 is 2.44 bits per heavy atom. The fraction of sp³-hybridized carbons (Fsp3) is 0.385. The molecule has 1 aromatic carbocycles. The van der Waals surface area contributed by atoms with Gasteiger partial charge in [-0.1, -0.05) is 0 Å². The predicted octanol–water partition coefficient (Wildman–Crippen LogP) is 2.78. The molecule has 2 rings (SSSR count). The number of hydrogen-bond donors (Lipinski definition) is 0. The highest BCUT2D eigenvalue weighted by Crippen LogP contribution is 2.39. The molecule has 3 nitrogen and oxygen atoms in total. The zero-order chi connectivity index (χ0) is 13.7. The van der Waals surface area contributed by atoms with Gasteiger partial charge in [0.1, 0.15) is 17.7 Å². The average Bonchev–Trinajstić information content (AvgIpc) is 2.50. The van der Waals surface area contributed by atoms with Gasteiger partial charge >= 0.3 is 0 Å². The number of benzene rings is 1. The van der Waals surface area contributed by atoms with Crippen LogP contribution >= 0.6 is 0 Å². The molecule has 0 N–H and O–H groups in total. The zero-order valence-electron chi connectivity index (χ0n) is 10.3. The molecule has 0 radical (unpaired) electrons. The number of carbonyl (C=O) groups excluding carboxylic acids is 1. The molecule has 1 atom stereocenters. The summed E-state index contributed by atoms with van der Waals surface area (Å²) in [5, 5.41) is 9.16. The van der Waals surface area contributed by atoms with Crippen LogP contribution in [0.4, 0.5) is 8.78 Å². The van der Waals surface area contributed by atoms with Crippen LogP contribution in [0.15, 0.2) is 12.1 Å². The standard InChI is InChI=1S/C13H12F2N2O/c1-13(2,3)17-10(6-16)8-4-7(14)5-9(15)11(8)12(17)18/h4-5,10H,1-3H3. The third kappa shape index (κ3) is 1.65. The lowest BCUT2D eigenvalue weighted by atomic mass is 10.0. The van der Waals surface area contributed by atoms with Gasteiger partial charge in [0.25, 0.3) is 5.91 Å². The Balaban J connectivity index is 2.68. The SMILES string of the molecule is CC(C)(C)N1C(=O)c2c(F)cc(F)cc2C1C#N. The van der Waals surface area contributed by atoms with Gasteiger partial charge in [-0.25, -0.2) is 8.78 Å². The van der Waals surface area contributed by atoms with Gasteiger partial charge in [0.2, 0.25) is 0 Å². The van der Waals surface area contributed by atoms with E-state index in [4.69, 9.17) is 5.26 Å². The summed E-state index contributed by atoms with van der Waals surface area (Å²) in [6.07, 6.45) is 0. The van der Waals surface area contributed by atoms with Gasteiger partial charge in [-0.3, -0.25) is 4.79 Å². The summed E-state index contributed by atoms with van der Waals surface area (Å²) in [5.74, 6) is -2.27. The van der Waals surface area contributed by atoms with Gasteiger partial charge in [-0.2, -0.15) is 5.26 Å². The van der Waals surface area contributed by atoms with Crippen LogP contribution in [-0.4, -0.2) is 16.3 Å². The summed E-state index contributed by atoms with van der Waals surface area (Å²) in [6, 6.07) is 2.70. The summed E-state index contributed by atoms with van der Waals surface area (Å²) in [6.45, 7) is 5.24. The Kier molecular flexibility index (Phi) is 2.62. The normalized spacial score (nSPS) is 18.8. The van der Waals surface area contributed by atoms with E-state index < -0.39 is 29.1 Å². The van der Waals surface area contributed by atoms with E-state index in [0.717, 1.165) is 6.07 Å². The Morgan fingerprint density at radius 1 is 1.33 bits per heavy atom. The third-order valence-electron chi connectivity index (χ3n) is 2.92. The third-order valence-corrected chi connectivity index (χ3v) is 2.92. The number of carbonyl (C=O) groups is 1. The van der Waals surface area contributed by atoms with Crippen molar-refractivity contribution in [2.45, 2.75) is 32.4 Å². The molecule has 0 aromatic heterocycles. The van der Waals surface area contributed by atoms with Crippen molar-refractivity contribution in [3.63, 3.8) is 0 Å². The number of halogens is 2. The fourth-order valence-corrected chi connectivity index (χ4v) is 2.23. The lowest BCUT2D eigenvalue weighted by Gasteiger charge is -2.34. The Morgan fingerprint density at radius 2 is 1.94 bits per heavy atom. The smallest absolute Gasteiger partial charge is 0.259 e. The molecule has 0 bridgehead atoms. The summed E-state index contributed by atoms with van der Waals surface area (Å²) in [4.78, 5) is 13.4. The molecule has 1 aliphatic heterocycles. The van der Waals surface area contributed by atoms with E-state index in [0.29, 0.717) is 6.07 Å². The van der Waals surface area contributed by atoms with E-state index in [1.807, 2.05) is 6.07 Å². The van der Waals surface area contributed by atoms with Crippen LogP contribution in [0.3, 0.4) is 0 Å². The Hall–Kier alpha value is -1.96. The van der Waals surface area contributed by atoms with E-state index in [9.17, 15) is 13.6 Å². The average molecular weight is 250 g/mol. The Bertz CT molecular complexity index is 570. The van der Waals surface area contributed by atoms with E-state index in [1.165, 1.54) is 4.90 Å². The second kappa shape index (κ2) is 3.77. The maximum absolute atomic E-state index is 13.7. The fourth-order valence-electron chi connectivity index (χ4n) is 2.23. The summed E-state index contributed by atoms with van der Waals surface area (Å²) >= 11 is 0. The van der Waals surface area contributed by atoms with Crippen molar-refractivity contribution >= 4 is 5.91 Å². The first kappa shape index (κ1) is 12.5. The van der Waals surface area contributed by atoms with Crippen molar-refractivity contribution in [2.24, 2.45) is 0 Å². The van der Waals surface area contributed by atoms with Crippen molar-refractivity contribution in [1.29, 1.82) is 5.26 Å². The van der Waals surface area contributed by atoms with Crippen LogP contribution in [-0.2, 0) is 0 Å². The summed E-state index contributed by atoms with van der Waals surface area (Å²) in [5.41, 5.74) is -0.729. The number of nitriles is 1. The van der Waals surface area contributed by atoms with Crippen molar-refractivity contribution in [2.75, 3.05) is 0 Å². The molecular formula is C13H12F2N2O. The molecule has 0 spiro atoms. The molecule has 1 heterocycles. The maximum Gasteiger partial charge on any atom is 0.259 e. The van der Waals surface area contributed by atoms with E-state index in [2.05, 4.69) is 0 Å². The van der Waals surface area contributed by atoms with E-state index >= 15 is 0 Å².